The Hall–Kier alpha value is -1.57. The van der Waals surface area contributed by atoms with Crippen molar-refractivity contribution in [1.82, 2.24) is 9.97 Å². The first-order valence-electron chi connectivity index (χ1n) is 5.91. The molecule has 0 saturated carbocycles. The maximum atomic E-state index is 12.5. The molecule has 2 N–H and O–H groups in total. The molecule has 0 spiro atoms. The van der Waals surface area contributed by atoms with E-state index in [9.17, 15) is 13.2 Å². The van der Waals surface area contributed by atoms with E-state index in [-0.39, 0.29) is 18.6 Å². The number of hydrogen-bond donors (Lipinski definition) is 1. The quantitative estimate of drug-likeness (QED) is 0.915. The molecule has 8 heteroatoms. The average molecular weight is 277 g/mol. The summed E-state index contributed by atoms with van der Waals surface area (Å²) in [6.45, 7) is 0.807. The van der Waals surface area contributed by atoms with Crippen LogP contribution < -0.4 is 10.5 Å². The van der Waals surface area contributed by atoms with Gasteiger partial charge in [0.2, 0.25) is 11.8 Å². The number of nitrogens with two attached hydrogens (primary N) is 1. The number of aromatic nitrogens is 2. The van der Waals surface area contributed by atoms with Gasteiger partial charge in [-0.1, -0.05) is 0 Å². The Morgan fingerprint density at radius 3 is 2.79 bits per heavy atom. The van der Waals surface area contributed by atoms with Gasteiger partial charge in [-0.05, 0) is 19.3 Å². The molecule has 106 valence electrons. The lowest BCUT2D eigenvalue weighted by molar-refractivity contribution is -0.141. The molecule has 1 fully saturated rings. The van der Waals surface area contributed by atoms with Crippen LogP contribution in [0.15, 0.2) is 6.07 Å². The van der Waals surface area contributed by atoms with Gasteiger partial charge in [0.05, 0.1) is 6.10 Å². The molecule has 0 radical (unpaired) electrons. The Morgan fingerprint density at radius 1 is 1.37 bits per heavy atom. The van der Waals surface area contributed by atoms with E-state index in [2.05, 4.69) is 9.97 Å². The molecule has 5 nitrogen and oxygen atoms in total. The van der Waals surface area contributed by atoms with Crippen molar-refractivity contribution in [3.8, 4) is 5.88 Å². The van der Waals surface area contributed by atoms with Crippen LogP contribution in [0.4, 0.5) is 19.1 Å². The van der Waals surface area contributed by atoms with E-state index in [0.29, 0.717) is 6.61 Å². The Morgan fingerprint density at radius 2 is 2.16 bits per heavy atom. The van der Waals surface area contributed by atoms with E-state index in [1.165, 1.54) is 0 Å². The lowest BCUT2D eigenvalue weighted by atomic mass is 10.1. The van der Waals surface area contributed by atoms with Gasteiger partial charge in [-0.3, -0.25) is 0 Å². The number of hydrogen-bond acceptors (Lipinski definition) is 5. The normalized spacial score (nSPS) is 20.3. The molecule has 1 aromatic heterocycles. The van der Waals surface area contributed by atoms with Crippen LogP contribution in [0.3, 0.4) is 0 Å². The third-order valence-electron chi connectivity index (χ3n) is 2.70. The zero-order chi connectivity index (χ0) is 13.9. The van der Waals surface area contributed by atoms with Crippen LogP contribution in [-0.2, 0) is 10.9 Å². The average Bonchev–Trinajstić information content (AvgIpc) is 2.36. The third-order valence-corrected chi connectivity index (χ3v) is 2.70. The summed E-state index contributed by atoms with van der Waals surface area (Å²) >= 11 is 0. The molecule has 1 atom stereocenters. The van der Waals surface area contributed by atoms with E-state index < -0.39 is 17.8 Å². The molecule has 0 aliphatic carbocycles. The number of halogens is 3. The highest BCUT2D eigenvalue weighted by molar-refractivity contribution is 5.27. The topological polar surface area (TPSA) is 70.3 Å². The minimum atomic E-state index is -4.57. The second-order valence-corrected chi connectivity index (χ2v) is 4.25. The summed E-state index contributed by atoms with van der Waals surface area (Å²) in [5, 5.41) is 0. The molecule has 0 amide bonds. The molecule has 1 aliphatic rings. The van der Waals surface area contributed by atoms with E-state index in [0.717, 1.165) is 25.3 Å². The molecule has 1 aliphatic heterocycles. The van der Waals surface area contributed by atoms with Crippen LogP contribution in [-0.4, -0.2) is 29.3 Å². The van der Waals surface area contributed by atoms with Gasteiger partial charge in [0.15, 0.2) is 5.69 Å². The van der Waals surface area contributed by atoms with Crippen molar-refractivity contribution in [3.63, 3.8) is 0 Å². The van der Waals surface area contributed by atoms with E-state index in [1.807, 2.05) is 0 Å². The summed E-state index contributed by atoms with van der Waals surface area (Å²) in [5.74, 6) is -0.650. The van der Waals surface area contributed by atoms with Crippen molar-refractivity contribution in [3.05, 3.63) is 11.8 Å². The Kier molecular flexibility index (Phi) is 4.08. The second-order valence-electron chi connectivity index (χ2n) is 4.25. The number of alkyl halides is 3. The summed E-state index contributed by atoms with van der Waals surface area (Å²) in [7, 11) is 0. The minimum Gasteiger partial charge on any atom is -0.475 e. The van der Waals surface area contributed by atoms with Crippen molar-refractivity contribution in [1.29, 1.82) is 0 Å². The first-order chi connectivity index (χ1) is 8.95. The monoisotopic (exact) mass is 277 g/mol. The molecule has 0 bridgehead atoms. The maximum absolute atomic E-state index is 12.5. The second kappa shape index (κ2) is 5.60. The molecule has 0 aromatic carbocycles. The highest BCUT2D eigenvalue weighted by Crippen LogP contribution is 2.29. The first-order valence-corrected chi connectivity index (χ1v) is 5.91. The standard InChI is InChI=1S/C11H14F3N3O2/c12-11(13,14)8-5-9(17-10(15)16-8)19-6-7-3-1-2-4-18-7/h5,7H,1-4,6H2,(H2,15,16,17). The van der Waals surface area contributed by atoms with Crippen LogP contribution in [0.25, 0.3) is 0 Å². The van der Waals surface area contributed by atoms with Crippen LogP contribution in [0.2, 0.25) is 0 Å². The summed E-state index contributed by atoms with van der Waals surface area (Å²) in [6.07, 6.45) is -1.84. The number of ether oxygens (including phenoxy) is 2. The van der Waals surface area contributed by atoms with E-state index in [1.54, 1.807) is 0 Å². The predicted octanol–water partition coefficient (Wildman–Crippen LogP) is 2.03. The Labute approximate surface area is 107 Å². The molecule has 19 heavy (non-hydrogen) atoms. The van der Waals surface area contributed by atoms with Crippen LogP contribution in [0, 0.1) is 0 Å². The summed E-state index contributed by atoms with van der Waals surface area (Å²) in [4.78, 5) is 6.75. The van der Waals surface area contributed by atoms with Gasteiger partial charge >= 0.3 is 6.18 Å². The lowest BCUT2D eigenvalue weighted by Gasteiger charge is -2.22. The first kappa shape index (κ1) is 13.9. The van der Waals surface area contributed by atoms with Crippen molar-refractivity contribution in [2.24, 2.45) is 0 Å². The van der Waals surface area contributed by atoms with E-state index >= 15 is 0 Å². The van der Waals surface area contributed by atoms with Gasteiger partial charge in [-0.25, -0.2) is 4.98 Å². The van der Waals surface area contributed by atoms with Gasteiger partial charge < -0.3 is 15.2 Å². The molecular weight excluding hydrogens is 263 g/mol. The van der Waals surface area contributed by atoms with Crippen molar-refractivity contribution in [2.75, 3.05) is 18.9 Å². The van der Waals surface area contributed by atoms with Gasteiger partial charge in [-0.2, -0.15) is 18.2 Å². The number of nitrogen functional groups attached to an aromatic ring is 1. The van der Waals surface area contributed by atoms with Crippen LogP contribution in [0.5, 0.6) is 5.88 Å². The van der Waals surface area contributed by atoms with Crippen molar-refractivity contribution < 1.29 is 22.6 Å². The maximum Gasteiger partial charge on any atom is 0.433 e. The Balaban J connectivity index is 2.01. The molecule has 1 unspecified atom stereocenters. The fourth-order valence-electron chi connectivity index (χ4n) is 1.78. The zero-order valence-corrected chi connectivity index (χ0v) is 10.1. The highest BCUT2D eigenvalue weighted by atomic mass is 19.4. The number of nitrogens with zero attached hydrogens (tertiary/aromatic N) is 2. The molecule has 1 saturated heterocycles. The zero-order valence-electron chi connectivity index (χ0n) is 10.1. The third kappa shape index (κ3) is 3.95. The molecule has 1 aromatic rings. The van der Waals surface area contributed by atoms with Crippen LogP contribution >= 0.6 is 0 Å². The van der Waals surface area contributed by atoms with Gasteiger partial charge in [-0.15, -0.1) is 0 Å². The molecular formula is C11H14F3N3O2. The summed E-state index contributed by atoms with van der Waals surface area (Å²) in [6, 6.07) is 0.735. The lowest BCUT2D eigenvalue weighted by Crippen LogP contribution is -2.26. The number of anilines is 1. The fraction of sp³-hybridized carbons (Fsp3) is 0.636. The van der Waals surface area contributed by atoms with Gasteiger partial charge in [0, 0.05) is 12.7 Å². The predicted molar refractivity (Wildman–Crippen MR) is 60.5 cm³/mol. The van der Waals surface area contributed by atoms with Crippen molar-refractivity contribution in [2.45, 2.75) is 31.5 Å². The van der Waals surface area contributed by atoms with Gasteiger partial charge in [0.25, 0.3) is 0 Å². The largest absolute Gasteiger partial charge is 0.475 e. The van der Waals surface area contributed by atoms with Gasteiger partial charge in [0.1, 0.15) is 6.61 Å². The smallest absolute Gasteiger partial charge is 0.433 e. The fourth-order valence-corrected chi connectivity index (χ4v) is 1.78. The Bertz CT molecular complexity index is 434. The van der Waals surface area contributed by atoms with Crippen molar-refractivity contribution >= 4 is 5.95 Å². The summed E-state index contributed by atoms with van der Waals surface area (Å²) < 4.78 is 48.2. The SMILES string of the molecule is Nc1nc(OCC2CCCCO2)cc(C(F)(F)F)n1. The summed E-state index contributed by atoms with van der Waals surface area (Å²) in [5.41, 5.74) is 4.12. The van der Waals surface area contributed by atoms with E-state index in [4.69, 9.17) is 15.2 Å². The van der Waals surface area contributed by atoms with Crippen LogP contribution in [0.1, 0.15) is 25.0 Å². The molecule has 2 heterocycles. The minimum absolute atomic E-state index is 0.112. The molecule has 2 rings (SSSR count). The number of rotatable bonds is 3. The highest BCUT2D eigenvalue weighted by Gasteiger charge is 2.33.